The van der Waals surface area contributed by atoms with Crippen LogP contribution in [0.4, 0.5) is 0 Å². The molecule has 1 N–H and O–H groups in total. The molecule has 0 saturated carbocycles. The van der Waals surface area contributed by atoms with Crippen LogP contribution in [0.25, 0.3) is 0 Å². The molecular weight excluding hydrogens is 258 g/mol. The van der Waals surface area contributed by atoms with E-state index < -0.39 is 0 Å². The first-order valence-corrected chi connectivity index (χ1v) is 8.64. The van der Waals surface area contributed by atoms with E-state index in [2.05, 4.69) is 44.3 Å². The molecule has 1 rings (SSSR count). The van der Waals surface area contributed by atoms with Gasteiger partial charge in [-0.1, -0.05) is 58.6 Å². The second kappa shape index (κ2) is 11.6. The quantitative estimate of drug-likeness (QED) is 0.536. The van der Waals surface area contributed by atoms with Crippen molar-refractivity contribution >= 4 is 0 Å². The van der Waals surface area contributed by atoms with Crippen molar-refractivity contribution in [1.29, 1.82) is 0 Å². The van der Waals surface area contributed by atoms with E-state index in [9.17, 15) is 0 Å². The van der Waals surface area contributed by atoms with Crippen molar-refractivity contribution in [3.8, 4) is 5.75 Å². The molecule has 21 heavy (non-hydrogen) atoms. The van der Waals surface area contributed by atoms with Crippen LogP contribution in [0.15, 0.2) is 24.3 Å². The van der Waals surface area contributed by atoms with Crippen LogP contribution in [-0.2, 0) is 6.54 Å². The molecule has 1 aromatic carbocycles. The van der Waals surface area contributed by atoms with Gasteiger partial charge in [0.25, 0.3) is 0 Å². The number of hydrogen-bond acceptors (Lipinski definition) is 2. The van der Waals surface area contributed by atoms with Crippen LogP contribution in [0.3, 0.4) is 0 Å². The van der Waals surface area contributed by atoms with Crippen molar-refractivity contribution in [2.45, 2.75) is 65.8 Å². The Morgan fingerprint density at radius 2 is 1.90 bits per heavy atom. The fourth-order valence-electron chi connectivity index (χ4n) is 2.35. The van der Waals surface area contributed by atoms with Gasteiger partial charge in [0, 0.05) is 6.54 Å². The molecule has 2 heteroatoms. The van der Waals surface area contributed by atoms with Gasteiger partial charge in [0.15, 0.2) is 0 Å². The number of benzene rings is 1. The monoisotopic (exact) mass is 291 g/mol. The standard InChI is InChI=1S/C19H33NO/c1-4-14-21-19-12-9-11-18(15-19)16-20-13-8-6-5-7-10-17(2)3/h9,11-12,15,17,20H,4-8,10,13-14,16H2,1-3H3. The summed E-state index contributed by atoms with van der Waals surface area (Å²) in [7, 11) is 0. The van der Waals surface area contributed by atoms with Gasteiger partial charge in [-0.2, -0.15) is 0 Å². The van der Waals surface area contributed by atoms with Gasteiger partial charge in [0.2, 0.25) is 0 Å². The van der Waals surface area contributed by atoms with E-state index >= 15 is 0 Å². The first-order chi connectivity index (χ1) is 10.2. The highest BCUT2D eigenvalue weighted by Crippen LogP contribution is 2.13. The van der Waals surface area contributed by atoms with Crippen molar-refractivity contribution in [3.05, 3.63) is 29.8 Å². The van der Waals surface area contributed by atoms with Gasteiger partial charge in [0.05, 0.1) is 6.61 Å². The molecule has 0 unspecified atom stereocenters. The molecular formula is C19H33NO. The molecule has 0 bridgehead atoms. The molecule has 0 spiro atoms. The maximum atomic E-state index is 5.66. The van der Waals surface area contributed by atoms with Gasteiger partial charge in [-0.3, -0.25) is 0 Å². The Balaban J connectivity index is 2.07. The Kier molecular flexibility index (Phi) is 9.98. The third kappa shape index (κ3) is 9.52. The third-order valence-electron chi connectivity index (χ3n) is 3.59. The fraction of sp³-hybridized carbons (Fsp3) is 0.684. The SMILES string of the molecule is CCCOc1cccc(CNCCCCCCC(C)C)c1. The molecule has 0 aromatic heterocycles. The zero-order valence-corrected chi connectivity index (χ0v) is 14.2. The van der Waals surface area contributed by atoms with E-state index in [1.807, 2.05) is 6.07 Å². The Labute approximate surface area is 131 Å². The minimum absolute atomic E-state index is 0.799. The van der Waals surface area contributed by atoms with E-state index in [0.717, 1.165) is 37.8 Å². The van der Waals surface area contributed by atoms with Crippen molar-refractivity contribution in [3.63, 3.8) is 0 Å². The molecule has 2 nitrogen and oxygen atoms in total. The van der Waals surface area contributed by atoms with Crippen LogP contribution in [0.1, 0.15) is 64.9 Å². The molecule has 0 radical (unpaired) electrons. The second-order valence-electron chi connectivity index (χ2n) is 6.27. The molecule has 0 aliphatic carbocycles. The third-order valence-corrected chi connectivity index (χ3v) is 3.59. The minimum Gasteiger partial charge on any atom is -0.494 e. The lowest BCUT2D eigenvalue weighted by atomic mass is 10.0. The first-order valence-electron chi connectivity index (χ1n) is 8.64. The van der Waals surface area contributed by atoms with Crippen molar-refractivity contribution < 1.29 is 4.74 Å². The number of hydrogen-bond donors (Lipinski definition) is 1. The summed E-state index contributed by atoms with van der Waals surface area (Å²) in [5.41, 5.74) is 1.31. The first kappa shape index (κ1) is 18.0. The molecule has 0 fully saturated rings. The second-order valence-corrected chi connectivity index (χ2v) is 6.27. The van der Waals surface area contributed by atoms with E-state index in [1.54, 1.807) is 0 Å². The Morgan fingerprint density at radius 3 is 2.67 bits per heavy atom. The van der Waals surface area contributed by atoms with Gasteiger partial charge >= 0.3 is 0 Å². The van der Waals surface area contributed by atoms with E-state index in [-0.39, 0.29) is 0 Å². The molecule has 0 amide bonds. The highest BCUT2D eigenvalue weighted by atomic mass is 16.5. The lowest BCUT2D eigenvalue weighted by Crippen LogP contribution is -2.14. The van der Waals surface area contributed by atoms with Crippen LogP contribution in [-0.4, -0.2) is 13.2 Å². The lowest BCUT2D eigenvalue weighted by molar-refractivity contribution is 0.317. The summed E-state index contributed by atoms with van der Waals surface area (Å²) < 4.78 is 5.66. The summed E-state index contributed by atoms with van der Waals surface area (Å²) in [4.78, 5) is 0. The van der Waals surface area contributed by atoms with Gasteiger partial charge in [0.1, 0.15) is 5.75 Å². The zero-order chi connectivity index (χ0) is 15.3. The van der Waals surface area contributed by atoms with Gasteiger partial charge in [-0.25, -0.2) is 0 Å². The number of nitrogens with one attached hydrogen (secondary N) is 1. The smallest absolute Gasteiger partial charge is 0.119 e. The number of unbranched alkanes of at least 4 members (excludes halogenated alkanes) is 3. The van der Waals surface area contributed by atoms with E-state index in [0.29, 0.717) is 0 Å². The maximum absolute atomic E-state index is 5.66. The summed E-state index contributed by atoms with van der Waals surface area (Å²) in [5.74, 6) is 1.84. The Hall–Kier alpha value is -1.02. The van der Waals surface area contributed by atoms with Crippen LogP contribution < -0.4 is 10.1 Å². The molecule has 0 saturated heterocycles. The summed E-state index contributed by atoms with van der Waals surface area (Å²) in [6.45, 7) is 9.59. The molecule has 0 atom stereocenters. The maximum Gasteiger partial charge on any atom is 0.119 e. The van der Waals surface area contributed by atoms with Crippen molar-refractivity contribution in [2.75, 3.05) is 13.2 Å². The largest absolute Gasteiger partial charge is 0.494 e. The minimum atomic E-state index is 0.799. The van der Waals surface area contributed by atoms with Crippen LogP contribution in [0.2, 0.25) is 0 Å². The molecule has 0 aliphatic rings. The Morgan fingerprint density at radius 1 is 1.10 bits per heavy atom. The van der Waals surface area contributed by atoms with Crippen LogP contribution in [0.5, 0.6) is 5.75 Å². The summed E-state index contributed by atoms with van der Waals surface area (Å²) >= 11 is 0. The summed E-state index contributed by atoms with van der Waals surface area (Å²) in [5, 5.41) is 3.53. The average Bonchev–Trinajstić information content (AvgIpc) is 2.48. The fourth-order valence-corrected chi connectivity index (χ4v) is 2.35. The predicted octanol–water partition coefficient (Wildman–Crippen LogP) is 5.17. The van der Waals surface area contributed by atoms with Gasteiger partial charge in [-0.15, -0.1) is 0 Å². The summed E-state index contributed by atoms with van der Waals surface area (Å²) in [6.07, 6.45) is 7.81. The van der Waals surface area contributed by atoms with Crippen molar-refractivity contribution in [1.82, 2.24) is 5.32 Å². The topological polar surface area (TPSA) is 21.3 Å². The molecule has 0 heterocycles. The molecule has 120 valence electrons. The van der Waals surface area contributed by atoms with E-state index in [1.165, 1.54) is 37.7 Å². The van der Waals surface area contributed by atoms with Gasteiger partial charge in [-0.05, 0) is 43.0 Å². The summed E-state index contributed by atoms with van der Waals surface area (Å²) in [6, 6.07) is 8.42. The number of rotatable bonds is 12. The normalized spacial score (nSPS) is 11.0. The molecule has 0 aliphatic heterocycles. The average molecular weight is 291 g/mol. The van der Waals surface area contributed by atoms with E-state index in [4.69, 9.17) is 4.74 Å². The van der Waals surface area contributed by atoms with Crippen LogP contribution >= 0.6 is 0 Å². The highest BCUT2D eigenvalue weighted by Gasteiger charge is 1.97. The van der Waals surface area contributed by atoms with Crippen LogP contribution in [0, 0.1) is 5.92 Å². The van der Waals surface area contributed by atoms with Crippen molar-refractivity contribution in [2.24, 2.45) is 5.92 Å². The Bertz CT molecular complexity index is 362. The highest BCUT2D eigenvalue weighted by molar-refractivity contribution is 5.28. The predicted molar refractivity (Wildman–Crippen MR) is 91.9 cm³/mol. The van der Waals surface area contributed by atoms with Gasteiger partial charge < -0.3 is 10.1 Å². The lowest BCUT2D eigenvalue weighted by Gasteiger charge is -2.08. The molecule has 1 aromatic rings. The number of ether oxygens (including phenoxy) is 1. The zero-order valence-electron chi connectivity index (χ0n) is 14.2.